The van der Waals surface area contributed by atoms with Crippen LogP contribution in [0.25, 0.3) is 0 Å². The van der Waals surface area contributed by atoms with E-state index in [2.05, 4.69) is 0 Å². The number of Topliss-reactive ketones (excluding diaryl/α,β-unsaturated/α-hetero) is 1. The zero-order chi connectivity index (χ0) is 11.9. The summed E-state index contributed by atoms with van der Waals surface area (Å²) in [5.74, 6) is -0.333. The second-order valence-corrected chi connectivity index (χ2v) is 4.34. The molecule has 0 atom stereocenters. The van der Waals surface area contributed by atoms with Crippen molar-refractivity contribution in [2.75, 3.05) is 0 Å². The quantitative estimate of drug-likeness (QED) is 0.766. The highest BCUT2D eigenvalue weighted by Gasteiger charge is 2.25. The molecule has 0 aliphatic heterocycles. The minimum atomic E-state index is -0.190. The van der Waals surface area contributed by atoms with Gasteiger partial charge in [-0.2, -0.15) is 0 Å². The van der Waals surface area contributed by atoms with E-state index in [1.165, 1.54) is 18.2 Å². The van der Waals surface area contributed by atoms with Gasteiger partial charge in [0.15, 0.2) is 11.6 Å². The lowest BCUT2D eigenvalue weighted by Crippen LogP contribution is -2.16. The molecule has 0 bridgehead atoms. The van der Waals surface area contributed by atoms with Gasteiger partial charge in [-0.15, -0.1) is 0 Å². The highest BCUT2D eigenvalue weighted by Crippen LogP contribution is 2.30. The topological polar surface area (TPSA) is 34.1 Å². The third kappa shape index (κ3) is 1.68. The van der Waals surface area contributed by atoms with E-state index < -0.39 is 0 Å². The predicted molar refractivity (Wildman–Crippen MR) is 63.5 cm³/mol. The Labute approximate surface area is 103 Å². The molecular formula is C12H8Cl2O2. The number of carbonyl (C=O) groups is 2. The molecule has 1 aliphatic rings. The summed E-state index contributed by atoms with van der Waals surface area (Å²) in [5.41, 5.74) is 1.19. The Balaban J connectivity index is 2.66. The van der Waals surface area contributed by atoms with Crippen LogP contribution in [0, 0.1) is 0 Å². The van der Waals surface area contributed by atoms with Crippen molar-refractivity contribution < 1.29 is 9.59 Å². The lowest BCUT2D eigenvalue weighted by molar-refractivity contribution is 0.0982. The number of carbonyl (C=O) groups excluding carboxylic acids is 2. The van der Waals surface area contributed by atoms with Crippen LogP contribution < -0.4 is 0 Å². The summed E-state index contributed by atoms with van der Waals surface area (Å²) in [7, 11) is 0. The molecule has 0 aromatic heterocycles. The van der Waals surface area contributed by atoms with Gasteiger partial charge in [0, 0.05) is 16.7 Å². The summed E-state index contributed by atoms with van der Waals surface area (Å²) in [6, 6.07) is 2.91. The third-order valence-corrected chi connectivity index (χ3v) is 3.27. The predicted octanol–water partition coefficient (Wildman–Crippen LogP) is 3.71. The fourth-order valence-corrected chi connectivity index (χ4v) is 2.00. The second kappa shape index (κ2) is 4.04. The Morgan fingerprint density at radius 1 is 1.06 bits per heavy atom. The van der Waals surface area contributed by atoms with E-state index in [9.17, 15) is 9.59 Å². The summed E-state index contributed by atoms with van der Waals surface area (Å²) in [6.07, 6.45) is 1.90. The van der Waals surface area contributed by atoms with Gasteiger partial charge >= 0.3 is 0 Å². The Kier molecular flexibility index (Phi) is 2.87. The van der Waals surface area contributed by atoms with Crippen LogP contribution in [0.5, 0.6) is 0 Å². The van der Waals surface area contributed by atoms with E-state index in [4.69, 9.17) is 23.2 Å². The van der Waals surface area contributed by atoms with Gasteiger partial charge in [0.1, 0.15) is 0 Å². The molecule has 0 heterocycles. The molecule has 1 aromatic carbocycles. The lowest BCUT2D eigenvalue weighted by Gasteiger charge is -2.14. The molecule has 0 saturated carbocycles. The van der Waals surface area contributed by atoms with Crippen LogP contribution in [0.4, 0.5) is 0 Å². The zero-order valence-electron chi connectivity index (χ0n) is 8.51. The highest BCUT2D eigenvalue weighted by molar-refractivity contribution is 6.43. The van der Waals surface area contributed by atoms with Crippen LogP contribution in [0.15, 0.2) is 23.8 Å². The highest BCUT2D eigenvalue weighted by atomic mass is 35.5. The second-order valence-electron chi connectivity index (χ2n) is 3.53. The molecule has 1 aromatic rings. The number of fused-ring (bicyclic) bond motifs is 1. The van der Waals surface area contributed by atoms with Crippen molar-refractivity contribution in [3.05, 3.63) is 45.0 Å². The van der Waals surface area contributed by atoms with E-state index in [0.717, 1.165) is 0 Å². The van der Waals surface area contributed by atoms with Crippen LogP contribution >= 0.6 is 23.2 Å². The molecule has 0 saturated heterocycles. The van der Waals surface area contributed by atoms with Crippen molar-refractivity contribution in [2.24, 2.45) is 0 Å². The molecule has 2 rings (SSSR count). The molecule has 0 spiro atoms. The maximum atomic E-state index is 11.9. The van der Waals surface area contributed by atoms with Crippen LogP contribution in [-0.4, -0.2) is 11.6 Å². The molecule has 82 valence electrons. The molecule has 0 radical (unpaired) electrons. The average Bonchev–Trinajstić information content (AvgIpc) is 2.26. The molecular weight excluding hydrogens is 247 g/mol. The number of hydrogen-bond donors (Lipinski definition) is 0. The molecule has 0 N–H and O–H groups in total. The fraction of sp³-hybridized carbons (Fsp3) is 0.167. The summed E-state index contributed by atoms with van der Waals surface area (Å²) in [6.45, 7) is 1.83. The molecule has 0 fully saturated rings. The van der Waals surface area contributed by atoms with E-state index in [1.54, 1.807) is 0 Å². The van der Waals surface area contributed by atoms with Gasteiger partial charge in [0.05, 0.1) is 10.0 Å². The van der Waals surface area contributed by atoms with Gasteiger partial charge in [-0.05, 0) is 24.6 Å². The van der Waals surface area contributed by atoms with Crippen molar-refractivity contribution in [2.45, 2.75) is 13.3 Å². The molecule has 0 amide bonds. The van der Waals surface area contributed by atoms with E-state index in [0.29, 0.717) is 28.1 Å². The fourth-order valence-electron chi connectivity index (χ4n) is 1.68. The largest absolute Gasteiger partial charge is 0.289 e. The van der Waals surface area contributed by atoms with Gasteiger partial charge in [0.25, 0.3) is 0 Å². The minimum Gasteiger partial charge on any atom is -0.289 e. The van der Waals surface area contributed by atoms with Crippen molar-refractivity contribution in [3.8, 4) is 0 Å². The Morgan fingerprint density at radius 3 is 2.19 bits per heavy atom. The van der Waals surface area contributed by atoms with Crippen LogP contribution in [0.3, 0.4) is 0 Å². The first kappa shape index (κ1) is 11.4. The standard InChI is InChI=1S/C12H8Cl2O2/c1-2-6-3-11(15)7-4-9(13)10(14)5-8(7)12(6)16/h3-5H,2H2,1H3. The summed E-state index contributed by atoms with van der Waals surface area (Å²) < 4.78 is 0. The first-order chi connectivity index (χ1) is 7.54. The first-order valence-electron chi connectivity index (χ1n) is 4.83. The van der Waals surface area contributed by atoms with Crippen molar-refractivity contribution in [1.29, 1.82) is 0 Å². The monoisotopic (exact) mass is 254 g/mol. The maximum Gasteiger partial charge on any atom is 0.189 e. The lowest BCUT2D eigenvalue weighted by atomic mass is 9.88. The number of allylic oxidation sites excluding steroid dienone is 2. The Morgan fingerprint density at radius 2 is 1.62 bits per heavy atom. The van der Waals surface area contributed by atoms with Crippen molar-refractivity contribution in [1.82, 2.24) is 0 Å². The summed E-state index contributed by atoms with van der Waals surface area (Å²) >= 11 is 11.6. The Hall–Kier alpha value is -1.12. The van der Waals surface area contributed by atoms with Gasteiger partial charge < -0.3 is 0 Å². The van der Waals surface area contributed by atoms with Crippen molar-refractivity contribution in [3.63, 3.8) is 0 Å². The molecule has 16 heavy (non-hydrogen) atoms. The van der Waals surface area contributed by atoms with Gasteiger partial charge in [-0.3, -0.25) is 9.59 Å². The maximum absolute atomic E-state index is 11.9. The number of ketones is 2. The summed E-state index contributed by atoms with van der Waals surface area (Å²) in [4.78, 5) is 23.7. The number of rotatable bonds is 1. The average molecular weight is 255 g/mol. The van der Waals surface area contributed by atoms with E-state index in [-0.39, 0.29) is 16.6 Å². The molecule has 1 aliphatic carbocycles. The van der Waals surface area contributed by atoms with Crippen LogP contribution in [0.1, 0.15) is 34.1 Å². The van der Waals surface area contributed by atoms with Crippen molar-refractivity contribution >= 4 is 34.8 Å². The smallest absolute Gasteiger partial charge is 0.189 e. The molecule has 0 unspecified atom stereocenters. The van der Waals surface area contributed by atoms with E-state index in [1.807, 2.05) is 6.92 Å². The SMILES string of the molecule is CCC1=CC(=O)c2cc(Cl)c(Cl)cc2C1=O. The van der Waals surface area contributed by atoms with Crippen LogP contribution in [-0.2, 0) is 0 Å². The molecule has 2 nitrogen and oxygen atoms in total. The number of hydrogen-bond acceptors (Lipinski definition) is 2. The third-order valence-electron chi connectivity index (χ3n) is 2.55. The van der Waals surface area contributed by atoms with Crippen LogP contribution in [0.2, 0.25) is 10.0 Å². The van der Waals surface area contributed by atoms with E-state index >= 15 is 0 Å². The number of benzene rings is 1. The normalized spacial score (nSPS) is 14.8. The van der Waals surface area contributed by atoms with Gasteiger partial charge in [-0.25, -0.2) is 0 Å². The minimum absolute atomic E-state index is 0.143. The van der Waals surface area contributed by atoms with Gasteiger partial charge in [-0.1, -0.05) is 30.1 Å². The number of halogens is 2. The Bertz CT molecular complexity index is 530. The molecule has 4 heteroatoms. The zero-order valence-corrected chi connectivity index (χ0v) is 10.0. The summed E-state index contributed by atoms with van der Waals surface area (Å²) in [5, 5.41) is 0.578. The first-order valence-corrected chi connectivity index (χ1v) is 5.58. The van der Waals surface area contributed by atoms with Gasteiger partial charge in [0.2, 0.25) is 0 Å².